The van der Waals surface area contributed by atoms with Gasteiger partial charge in [-0.25, -0.2) is 13.6 Å². The number of aliphatic hydroxyl groups excluding tert-OH is 1. The molecule has 0 amide bonds. The van der Waals surface area contributed by atoms with Crippen LogP contribution in [0.15, 0.2) is 12.1 Å². The summed E-state index contributed by atoms with van der Waals surface area (Å²) >= 11 is 0. The number of ether oxygens (including phenoxy) is 1. The molecule has 5 heteroatoms. The van der Waals surface area contributed by atoms with E-state index in [1.54, 1.807) is 6.92 Å². The Labute approximate surface area is 91.7 Å². The molecule has 1 unspecified atom stereocenters. The van der Waals surface area contributed by atoms with Crippen LogP contribution in [0.3, 0.4) is 0 Å². The molecule has 0 spiro atoms. The Morgan fingerprint density at radius 2 is 2.12 bits per heavy atom. The maximum absolute atomic E-state index is 13.3. The molecule has 88 valence electrons. The van der Waals surface area contributed by atoms with Gasteiger partial charge in [-0.2, -0.15) is 0 Å². The van der Waals surface area contributed by atoms with Gasteiger partial charge in [-0.1, -0.05) is 0 Å². The zero-order valence-electron chi connectivity index (χ0n) is 8.96. The molecular formula is C11H12F2O3. The number of hydrogen-bond acceptors (Lipinski definition) is 3. The van der Waals surface area contributed by atoms with Crippen LogP contribution >= 0.6 is 0 Å². The van der Waals surface area contributed by atoms with Gasteiger partial charge in [0.05, 0.1) is 6.61 Å². The summed E-state index contributed by atoms with van der Waals surface area (Å²) in [6, 6.07) is 2.19. The average molecular weight is 230 g/mol. The number of esters is 1. The first kappa shape index (κ1) is 12.6. The molecule has 1 atom stereocenters. The summed E-state index contributed by atoms with van der Waals surface area (Å²) in [5.74, 6) is -3.32. The third-order valence-electron chi connectivity index (χ3n) is 2.01. The van der Waals surface area contributed by atoms with Gasteiger partial charge in [-0.05, 0) is 31.5 Å². The number of carbonyl (C=O) groups excluding carboxylic acids is 1. The maximum atomic E-state index is 13.3. The van der Waals surface area contributed by atoms with E-state index in [-0.39, 0.29) is 6.61 Å². The zero-order valence-corrected chi connectivity index (χ0v) is 8.96. The quantitative estimate of drug-likeness (QED) is 0.806. The molecule has 0 aromatic heterocycles. The van der Waals surface area contributed by atoms with Crippen molar-refractivity contribution in [1.29, 1.82) is 0 Å². The highest BCUT2D eigenvalue weighted by atomic mass is 19.2. The first-order valence-corrected chi connectivity index (χ1v) is 4.77. The minimum atomic E-state index is -1.80. The number of aliphatic hydroxyl groups is 1. The van der Waals surface area contributed by atoms with E-state index in [1.807, 2.05) is 0 Å². The molecule has 0 aliphatic heterocycles. The summed E-state index contributed by atoms with van der Waals surface area (Å²) in [5, 5.41) is 9.47. The van der Waals surface area contributed by atoms with Gasteiger partial charge >= 0.3 is 5.97 Å². The summed E-state index contributed by atoms with van der Waals surface area (Å²) < 4.78 is 30.8. The largest absolute Gasteiger partial charge is 0.464 e. The van der Waals surface area contributed by atoms with Crippen molar-refractivity contribution >= 4 is 5.97 Å². The molecule has 0 aliphatic rings. The highest BCUT2D eigenvalue weighted by Crippen LogP contribution is 2.22. The normalized spacial score (nSPS) is 12.3. The summed E-state index contributed by atoms with van der Waals surface area (Å²) in [6.07, 6.45) is -1.80. The third kappa shape index (κ3) is 2.55. The van der Waals surface area contributed by atoms with Gasteiger partial charge in [0.2, 0.25) is 0 Å². The highest BCUT2D eigenvalue weighted by Gasteiger charge is 2.24. The molecule has 16 heavy (non-hydrogen) atoms. The minimum absolute atomic E-state index is 0.0613. The van der Waals surface area contributed by atoms with Crippen LogP contribution in [0.5, 0.6) is 0 Å². The number of halogens is 2. The molecule has 0 bridgehead atoms. The number of carbonyl (C=O) groups is 1. The summed E-state index contributed by atoms with van der Waals surface area (Å²) in [5.41, 5.74) is 0.00759. The molecule has 0 fully saturated rings. The van der Waals surface area contributed by atoms with E-state index in [0.717, 1.165) is 6.07 Å². The molecule has 1 aromatic rings. The fraction of sp³-hybridized carbons (Fsp3) is 0.364. The molecule has 0 heterocycles. The van der Waals surface area contributed by atoms with Crippen LogP contribution in [0.25, 0.3) is 0 Å². The number of hydrogen-bond donors (Lipinski definition) is 1. The highest BCUT2D eigenvalue weighted by molar-refractivity contribution is 5.76. The minimum Gasteiger partial charge on any atom is -0.464 e. The van der Waals surface area contributed by atoms with Crippen molar-refractivity contribution in [3.63, 3.8) is 0 Å². The van der Waals surface area contributed by atoms with Crippen LogP contribution in [0.4, 0.5) is 8.78 Å². The Bertz CT molecular complexity index is 404. The van der Waals surface area contributed by atoms with E-state index >= 15 is 0 Å². The number of benzene rings is 1. The van der Waals surface area contributed by atoms with Gasteiger partial charge in [-0.3, -0.25) is 0 Å². The second-order valence-corrected chi connectivity index (χ2v) is 3.30. The lowest BCUT2D eigenvalue weighted by atomic mass is 10.1. The smallest absolute Gasteiger partial charge is 0.339 e. The van der Waals surface area contributed by atoms with E-state index < -0.39 is 29.3 Å². The molecular weight excluding hydrogens is 218 g/mol. The van der Waals surface area contributed by atoms with E-state index in [9.17, 15) is 18.7 Å². The zero-order chi connectivity index (χ0) is 12.3. The van der Waals surface area contributed by atoms with Crippen molar-refractivity contribution < 1.29 is 23.4 Å². The Morgan fingerprint density at radius 1 is 1.50 bits per heavy atom. The predicted octanol–water partition coefficient (Wildman–Crippen LogP) is 1.87. The molecule has 0 saturated carbocycles. The second kappa shape index (κ2) is 5.03. The molecule has 3 nitrogen and oxygen atoms in total. The van der Waals surface area contributed by atoms with Crippen LogP contribution in [-0.4, -0.2) is 17.7 Å². The van der Waals surface area contributed by atoms with E-state index in [2.05, 4.69) is 4.74 Å². The van der Waals surface area contributed by atoms with Crippen molar-refractivity contribution in [1.82, 2.24) is 0 Å². The summed E-state index contributed by atoms with van der Waals surface area (Å²) in [7, 11) is 0. The van der Waals surface area contributed by atoms with Crippen molar-refractivity contribution in [3.05, 3.63) is 34.9 Å². The van der Waals surface area contributed by atoms with Crippen LogP contribution in [0.2, 0.25) is 0 Å². The fourth-order valence-electron chi connectivity index (χ4n) is 1.30. The van der Waals surface area contributed by atoms with Crippen molar-refractivity contribution in [2.45, 2.75) is 20.0 Å². The third-order valence-corrected chi connectivity index (χ3v) is 2.01. The van der Waals surface area contributed by atoms with Crippen molar-refractivity contribution in [2.24, 2.45) is 0 Å². The topological polar surface area (TPSA) is 46.5 Å². The Balaban J connectivity index is 3.08. The standard InChI is InChI=1S/C11H12F2O3/c1-3-16-11(15)10(14)7-4-6(2)5-8(12)9(7)13/h4-5,10,14H,3H2,1-2H3. The monoisotopic (exact) mass is 230 g/mol. The lowest BCUT2D eigenvalue weighted by molar-refractivity contribution is -0.153. The first-order valence-electron chi connectivity index (χ1n) is 4.77. The van der Waals surface area contributed by atoms with Crippen molar-refractivity contribution in [2.75, 3.05) is 6.61 Å². The van der Waals surface area contributed by atoms with Crippen LogP contribution < -0.4 is 0 Å². The summed E-state index contributed by atoms with van der Waals surface area (Å²) in [4.78, 5) is 11.2. The van der Waals surface area contributed by atoms with E-state index in [4.69, 9.17) is 0 Å². The van der Waals surface area contributed by atoms with Crippen LogP contribution in [-0.2, 0) is 9.53 Å². The molecule has 1 aromatic carbocycles. The van der Waals surface area contributed by atoms with Crippen molar-refractivity contribution in [3.8, 4) is 0 Å². The van der Waals surface area contributed by atoms with Gasteiger partial charge in [0.15, 0.2) is 17.7 Å². The van der Waals surface area contributed by atoms with Crippen LogP contribution in [0.1, 0.15) is 24.2 Å². The molecule has 1 rings (SSSR count). The molecule has 0 saturated heterocycles. The van der Waals surface area contributed by atoms with Gasteiger partial charge in [0.25, 0.3) is 0 Å². The lowest BCUT2D eigenvalue weighted by Gasteiger charge is -2.11. The number of rotatable bonds is 3. The molecule has 0 radical (unpaired) electrons. The fourth-order valence-corrected chi connectivity index (χ4v) is 1.30. The van der Waals surface area contributed by atoms with E-state index in [0.29, 0.717) is 5.56 Å². The summed E-state index contributed by atoms with van der Waals surface area (Å²) in [6.45, 7) is 3.15. The van der Waals surface area contributed by atoms with Crippen LogP contribution in [0, 0.1) is 18.6 Å². The lowest BCUT2D eigenvalue weighted by Crippen LogP contribution is -2.17. The Morgan fingerprint density at radius 3 is 2.69 bits per heavy atom. The predicted molar refractivity (Wildman–Crippen MR) is 52.7 cm³/mol. The average Bonchev–Trinajstić information content (AvgIpc) is 2.22. The van der Waals surface area contributed by atoms with E-state index in [1.165, 1.54) is 13.0 Å². The van der Waals surface area contributed by atoms with Gasteiger partial charge in [-0.15, -0.1) is 0 Å². The second-order valence-electron chi connectivity index (χ2n) is 3.30. The SMILES string of the molecule is CCOC(=O)C(O)c1cc(C)cc(F)c1F. The Hall–Kier alpha value is -1.49. The number of aryl methyl sites for hydroxylation is 1. The Kier molecular flexibility index (Phi) is 3.95. The maximum Gasteiger partial charge on any atom is 0.339 e. The first-order chi connectivity index (χ1) is 7.47. The van der Waals surface area contributed by atoms with Gasteiger partial charge < -0.3 is 9.84 Å². The van der Waals surface area contributed by atoms with Gasteiger partial charge in [0.1, 0.15) is 0 Å². The van der Waals surface area contributed by atoms with Gasteiger partial charge in [0, 0.05) is 5.56 Å². The molecule has 1 N–H and O–H groups in total. The molecule has 0 aliphatic carbocycles.